The van der Waals surface area contributed by atoms with Gasteiger partial charge in [0.15, 0.2) is 0 Å². The Morgan fingerprint density at radius 2 is 2.00 bits per heavy atom. The molecule has 0 saturated carbocycles. The van der Waals surface area contributed by atoms with Crippen LogP contribution in [0.1, 0.15) is 62.5 Å². The first-order chi connectivity index (χ1) is 10.7. The number of hydrogen-bond donors (Lipinski definition) is 0. The van der Waals surface area contributed by atoms with Crippen LogP contribution in [0.2, 0.25) is 0 Å². The van der Waals surface area contributed by atoms with Gasteiger partial charge < -0.3 is 4.90 Å². The van der Waals surface area contributed by atoms with Crippen LogP contribution in [0.3, 0.4) is 0 Å². The third-order valence-corrected chi connectivity index (χ3v) is 5.25. The molecule has 1 aromatic heterocycles. The van der Waals surface area contributed by atoms with Crippen molar-refractivity contribution in [3.05, 3.63) is 18.0 Å². The van der Waals surface area contributed by atoms with E-state index in [4.69, 9.17) is 0 Å². The van der Waals surface area contributed by atoms with Gasteiger partial charge in [-0.3, -0.25) is 14.4 Å². The molecular formula is C17H28N4O. The summed E-state index contributed by atoms with van der Waals surface area (Å²) in [7, 11) is 0. The van der Waals surface area contributed by atoms with Crippen LogP contribution in [0.25, 0.3) is 0 Å². The van der Waals surface area contributed by atoms with Crippen molar-refractivity contribution in [3.8, 4) is 0 Å². The molecule has 2 saturated heterocycles. The molecule has 3 rings (SSSR count). The molecule has 0 radical (unpaired) electrons. The molecule has 1 atom stereocenters. The summed E-state index contributed by atoms with van der Waals surface area (Å²) in [6.07, 6.45) is 7.78. The van der Waals surface area contributed by atoms with Crippen LogP contribution in [0.5, 0.6) is 0 Å². The maximum Gasteiger partial charge on any atom is 0.274 e. The van der Waals surface area contributed by atoms with Gasteiger partial charge in [0.2, 0.25) is 0 Å². The van der Waals surface area contributed by atoms with E-state index in [1.165, 1.54) is 25.9 Å². The number of carbonyl (C=O) groups excluding carboxylic acids is 1. The number of amides is 1. The molecule has 5 heteroatoms. The lowest BCUT2D eigenvalue weighted by Crippen LogP contribution is -2.37. The topological polar surface area (TPSA) is 41.4 Å². The van der Waals surface area contributed by atoms with Crippen molar-refractivity contribution in [3.63, 3.8) is 0 Å². The first-order valence-corrected chi connectivity index (χ1v) is 8.81. The average molecular weight is 304 g/mol. The number of carbonyl (C=O) groups is 1. The highest BCUT2D eigenvalue weighted by Gasteiger charge is 2.32. The number of likely N-dealkylation sites (tertiary alicyclic amines) is 2. The van der Waals surface area contributed by atoms with Crippen LogP contribution in [-0.2, 0) is 0 Å². The summed E-state index contributed by atoms with van der Waals surface area (Å²) in [6.45, 7) is 8.48. The summed E-state index contributed by atoms with van der Waals surface area (Å²) >= 11 is 0. The van der Waals surface area contributed by atoms with E-state index < -0.39 is 0 Å². The first kappa shape index (κ1) is 15.5. The molecule has 2 aliphatic heterocycles. The van der Waals surface area contributed by atoms with E-state index >= 15 is 0 Å². The first-order valence-electron chi connectivity index (χ1n) is 8.81. The Labute approximate surface area is 133 Å². The molecule has 1 aromatic rings. The molecule has 1 amide bonds. The second-order valence-corrected chi connectivity index (χ2v) is 6.59. The molecule has 0 N–H and O–H groups in total. The second-order valence-electron chi connectivity index (χ2n) is 6.59. The van der Waals surface area contributed by atoms with Crippen LogP contribution in [0.4, 0.5) is 0 Å². The molecule has 0 aliphatic carbocycles. The zero-order valence-corrected chi connectivity index (χ0v) is 13.9. The summed E-state index contributed by atoms with van der Waals surface area (Å²) in [4.78, 5) is 17.2. The monoisotopic (exact) mass is 304 g/mol. The fraction of sp³-hybridized carbons (Fsp3) is 0.765. The van der Waals surface area contributed by atoms with Crippen LogP contribution < -0.4 is 0 Å². The Balaban J connectivity index is 1.62. The van der Waals surface area contributed by atoms with E-state index in [1.807, 2.05) is 21.8 Å². The predicted octanol–water partition coefficient (Wildman–Crippen LogP) is 2.55. The van der Waals surface area contributed by atoms with Crippen LogP contribution in [0.15, 0.2) is 12.3 Å². The second kappa shape index (κ2) is 6.82. The lowest BCUT2D eigenvalue weighted by Gasteiger charge is -2.23. The lowest BCUT2D eigenvalue weighted by atomic mass is 10.2. The summed E-state index contributed by atoms with van der Waals surface area (Å²) in [5.41, 5.74) is 0.606. The fourth-order valence-electron chi connectivity index (χ4n) is 3.81. The molecule has 1 unspecified atom stereocenters. The van der Waals surface area contributed by atoms with Gasteiger partial charge in [-0.15, -0.1) is 0 Å². The minimum Gasteiger partial charge on any atom is -0.336 e. The van der Waals surface area contributed by atoms with Crippen LogP contribution in [-0.4, -0.2) is 57.7 Å². The summed E-state index contributed by atoms with van der Waals surface area (Å²) in [6, 6.07) is 2.84. The zero-order valence-electron chi connectivity index (χ0n) is 13.9. The quantitative estimate of drug-likeness (QED) is 0.839. The van der Waals surface area contributed by atoms with Crippen molar-refractivity contribution >= 4 is 5.91 Å². The van der Waals surface area contributed by atoms with Crippen molar-refractivity contribution < 1.29 is 4.79 Å². The van der Waals surface area contributed by atoms with Crippen molar-refractivity contribution in [2.24, 2.45) is 0 Å². The molecule has 2 aliphatic rings. The lowest BCUT2D eigenvalue weighted by molar-refractivity contribution is 0.0773. The van der Waals surface area contributed by atoms with E-state index in [-0.39, 0.29) is 5.91 Å². The standard InChI is InChI=1S/C17H28N4O/c1-3-14(4-2)21-12-8-16(18-21)17(22)20-11-7-15(13-20)19-9-5-6-10-19/h8,12,14-15H,3-7,9-11,13H2,1-2H3. The highest BCUT2D eigenvalue weighted by molar-refractivity contribution is 5.92. The van der Waals surface area contributed by atoms with Gasteiger partial charge in [0.1, 0.15) is 5.69 Å². The van der Waals surface area contributed by atoms with Crippen LogP contribution in [0, 0.1) is 0 Å². The summed E-state index contributed by atoms with van der Waals surface area (Å²) in [5, 5.41) is 4.53. The van der Waals surface area contributed by atoms with Crippen molar-refractivity contribution in [2.75, 3.05) is 26.2 Å². The van der Waals surface area contributed by atoms with Gasteiger partial charge in [-0.05, 0) is 51.3 Å². The van der Waals surface area contributed by atoms with E-state index in [9.17, 15) is 4.79 Å². The van der Waals surface area contributed by atoms with Crippen molar-refractivity contribution in [1.29, 1.82) is 0 Å². The molecule has 122 valence electrons. The third-order valence-electron chi connectivity index (χ3n) is 5.25. The molecule has 0 bridgehead atoms. The molecule has 0 aromatic carbocycles. The average Bonchev–Trinajstić information content (AvgIpc) is 3.27. The molecule has 22 heavy (non-hydrogen) atoms. The summed E-state index contributed by atoms with van der Waals surface area (Å²) < 4.78 is 1.96. The predicted molar refractivity (Wildman–Crippen MR) is 87.0 cm³/mol. The normalized spacial score (nSPS) is 22.9. The van der Waals surface area contributed by atoms with Gasteiger partial charge >= 0.3 is 0 Å². The third kappa shape index (κ3) is 3.05. The van der Waals surface area contributed by atoms with Crippen LogP contribution >= 0.6 is 0 Å². The van der Waals surface area contributed by atoms with Gasteiger partial charge in [-0.1, -0.05) is 13.8 Å². The molecule has 3 heterocycles. The Morgan fingerprint density at radius 3 is 2.68 bits per heavy atom. The number of hydrogen-bond acceptors (Lipinski definition) is 3. The van der Waals surface area contributed by atoms with E-state index in [0.29, 0.717) is 17.8 Å². The van der Waals surface area contributed by atoms with Gasteiger partial charge in [0.05, 0.1) is 6.04 Å². The number of aromatic nitrogens is 2. The minimum absolute atomic E-state index is 0.103. The molecule has 2 fully saturated rings. The van der Waals surface area contributed by atoms with Gasteiger partial charge in [0.25, 0.3) is 5.91 Å². The largest absolute Gasteiger partial charge is 0.336 e. The summed E-state index contributed by atoms with van der Waals surface area (Å²) in [5.74, 6) is 0.103. The number of rotatable bonds is 5. The van der Waals surface area contributed by atoms with Gasteiger partial charge in [-0.2, -0.15) is 5.10 Å². The highest BCUT2D eigenvalue weighted by Crippen LogP contribution is 2.22. The Kier molecular flexibility index (Phi) is 4.81. The van der Waals surface area contributed by atoms with E-state index in [0.717, 1.165) is 32.4 Å². The Hall–Kier alpha value is -1.36. The Bertz CT molecular complexity index is 503. The van der Waals surface area contributed by atoms with Gasteiger partial charge in [-0.25, -0.2) is 0 Å². The van der Waals surface area contributed by atoms with E-state index in [1.54, 1.807) is 0 Å². The smallest absolute Gasteiger partial charge is 0.274 e. The Morgan fingerprint density at radius 1 is 1.27 bits per heavy atom. The molecule has 0 spiro atoms. The zero-order chi connectivity index (χ0) is 15.5. The van der Waals surface area contributed by atoms with Crippen molar-refractivity contribution in [2.45, 2.75) is 58.0 Å². The fourth-order valence-corrected chi connectivity index (χ4v) is 3.81. The highest BCUT2D eigenvalue weighted by atomic mass is 16.2. The maximum atomic E-state index is 12.7. The molecule has 5 nitrogen and oxygen atoms in total. The van der Waals surface area contributed by atoms with Gasteiger partial charge in [0, 0.05) is 25.3 Å². The minimum atomic E-state index is 0.103. The molecular weight excluding hydrogens is 276 g/mol. The SMILES string of the molecule is CCC(CC)n1ccc(C(=O)N2CCC(N3CCCC3)C2)n1. The van der Waals surface area contributed by atoms with Crippen molar-refractivity contribution in [1.82, 2.24) is 19.6 Å². The maximum absolute atomic E-state index is 12.7. The van der Waals surface area contributed by atoms with E-state index in [2.05, 4.69) is 23.8 Å². The number of nitrogens with zero attached hydrogens (tertiary/aromatic N) is 4.